The van der Waals surface area contributed by atoms with Crippen molar-refractivity contribution < 1.29 is 0 Å². The molecule has 3 aromatic heterocycles. The molecule has 4 aromatic rings. The third-order valence-corrected chi connectivity index (χ3v) is 5.95. The third kappa shape index (κ3) is 4.20. The molecule has 1 aliphatic rings. The summed E-state index contributed by atoms with van der Waals surface area (Å²) in [7, 11) is 0. The first-order valence-electron chi connectivity index (χ1n) is 8.80. The van der Waals surface area contributed by atoms with E-state index >= 15 is 0 Å². The van der Waals surface area contributed by atoms with Crippen molar-refractivity contribution in [2.45, 2.75) is 0 Å². The van der Waals surface area contributed by atoms with E-state index in [4.69, 9.17) is 16.6 Å². The van der Waals surface area contributed by atoms with Crippen LogP contribution in [0.3, 0.4) is 0 Å². The number of rotatable bonds is 3. The molecular weight excluding hydrogens is 451 g/mol. The van der Waals surface area contributed by atoms with Gasteiger partial charge in [0.2, 0.25) is 0 Å². The fourth-order valence-corrected chi connectivity index (χ4v) is 4.38. The summed E-state index contributed by atoms with van der Waals surface area (Å²) in [5.41, 5.74) is 2.88. The molecule has 1 aromatic carbocycles. The van der Waals surface area contributed by atoms with E-state index in [2.05, 4.69) is 24.8 Å². The molecule has 29 heavy (non-hydrogen) atoms. The minimum absolute atomic E-state index is 0. The van der Waals surface area contributed by atoms with Crippen LogP contribution in [0.25, 0.3) is 27.4 Å². The van der Waals surface area contributed by atoms with Crippen LogP contribution >= 0.6 is 47.8 Å². The zero-order chi connectivity index (χ0) is 18.2. The summed E-state index contributed by atoms with van der Waals surface area (Å²) < 4.78 is 2.12. The highest BCUT2D eigenvalue weighted by Crippen LogP contribution is 2.34. The van der Waals surface area contributed by atoms with Crippen molar-refractivity contribution in [1.82, 2.24) is 24.8 Å². The third-order valence-electron chi connectivity index (χ3n) is 4.64. The summed E-state index contributed by atoms with van der Waals surface area (Å²) in [5.74, 6) is 0.874. The van der Waals surface area contributed by atoms with Crippen LogP contribution in [0.5, 0.6) is 0 Å². The standard InChI is InChI=1S/C19H17ClN6S.2ClH/c20-13-1-3-14(4-2-13)26-16-11-22-6-5-15(16)24-18(26)17-12-23-19(27-17)25-9-7-21-8-10-25;;/h1-6,11-12,21H,7-10H2;2*1H. The first kappa shape index (κ1) is 21.8. The van der Waals surface area contributed by atoms with Crippen molar-refractivity contribution in [3.05, 3.63) is 53.9 Å². The van der Waals surface area contributed by atoms with E-state index in [0.29, 0.717) is 5.02 Å². The number of hydrogen-bond acceptors (Lipinski definition) is 6. The van der Waals surface area contributed by atoms with Crippen LogP contribution in [-0.2, 0) is 0 Å². The van der Waals surface area contributed by atoms with E-state index in [0.717, 1.165) is 58.7 Å². The number of thiazole rings is 1. The van der Waals surface area contributed by atoms with Gasteiger partial charge in [-0.05, 0) is 30.3 Å². The van der Waals surface area contributed by atoms with Crippen LogP contribution in [0.15, 0.2) is 48.9 Å². The SMILES string of the molecule is Cl.Cl.Clc1ccc(-n2c(-c3cnc(N4CCNCC4)s3)nc3ccncc32)cc1. The van der Waals surface area contributed by atoms with Crippen LogP contribution in [0.4, 0.5) is 5.13 Å². The number of anilines is 1. The fourth-order valence-electron chi connectivity index (χ4n) is 3.31. The Morgan fingerprint density at radius 3 is 2.52 bits per heavy atom. The van der Waals surface area contributed by atoms with Crippen molar-refractivity contribution in [2.24, 2.45) is 0 Å². The van der Waals surface area contributed by atoms with E-state index < -0.39 is 0 Å². The normalized spacial score (nSPS) is 13.8. The summed E-state index contributed by atoms with van der Waals surface area (Å²) in [5, 5.41) is 5.13. The Morgan fingerprint density at radius 1 is 1.00 bits per heavy atom. The zero-order valence-corrected chi connectivity index (χ0v) is 18.5. The summed E-state index contributed by atoms with van der Waals surface area (Å²) >= 11 is 7.76. The van der Waals surface area contributed by atoms with Crippen molar-refractivity contribution in [3.63, 3.8) is 0 Å². The Balaban J connectivity index is 0.00000120. The number of nitrogens with zero attached hydrogens (tertiary/aromatic N) is 5. The van der Waals surface area contributed by atoms with Crippen molar-refractivity contribution in [1.29, 1.82) is 0 Å². The molecule has 1 fully saturated rings. The highest BCUT2D eigenvalue weighted by molar-refractivity contribution is 7.18. The average Bonchev–Trinajstić information content (AvgIpc) is 3.34. The minimum atomic E-state index is 0. The van der Waals surface area contributed by atoms with E-state index in [9.17, 15) is 0 Å². The molecule has 152 valence electrons. The molecule has 0 unspecified atom stereocenters. The molecule has 0 aliphatic carbocycles. The zero-order valence-electron chi connectivity index (χ0n) is 15.3. The lowest BCUT2D eigenvalue weighted by Crippen LogP contribution is -2.43. The number of benzene rings is 1. The Morgan fingerprint density at radius 2 is 1.76 bits per heavy atom. The Hall–Kier alpha value is -1.90. The Kier molecular flexibility index (Phi) is 6.97. The van der Waals surface area contributed by atoms with Gasteiger partial charge in [-0.2, -0.15) is 0 Å². The predicted octanol–water partition coefficient (Wildman–Crippen LogP) is 4.45. The van der Waals surface area contributed by atoms with Gasteiger partial charge in [-0.3, -0.25) is 9.55 Å². The maximum absolute atomic E-state index is 6.08. The molecule has 5 rings (SSSR count). The van der Waals surface area contributed by atoms with Crippen LogP contribution in [0.1, 0.15) is 0 Å². The number of piperazine rings is 1. The van der Waals surface area contributed by atoms with Crippen LogP contribution in [0.2, 0.25) is 5.02 Å². The first-order valence-corrected chi connectivity index (χ1v) is 9.99. The molecule has 4 heterocycles. The predicted molar refractivity (Wildman–Crippen MR) is 125 cm³/mol. The van der Waals surface area contributed by atoms with Gasteiger partial charge < -0.3 is 10.2 Å². The first-order chi connectivity index (χ1) is 13.3. The summed E-state index contributed by atoms with van der Waals surface area (Å²) in [4.78, 5) is 17.2. The number of pyridine rings is 1. The van der Waals surface area contributed by atoms with Gasteiger partial charge in [0.25, 0.3) is 0 Å². The van der Waals surface area contributed by atoms with E-state index in [1.165, 1.54) is 0 Å². The molecule has 0 saturated carbocycles. The monoisotopic (exact) mass is 468 g/mol. The Bertz CT molecular complexity index is 1090. The van der Waals surface area contributed by atoms with Crippen LogP contribution in [0, 0.1) is 0 Å². The molecule has 0 amide bonds. The quantitative estimate of drug-likeness (QED) is 0.480. The largest absolute Gasteiger partial charge is 0.346 e. The van der Waals surface area contributed by atoms with Gasteiger partial charge in [0.15, 0.2) is 11.0 Å². The van der Waals surface area contributed by atoms with Gasteiger partial charge in [0.1, 0.15) is 0 Å². The van der Waals surface area contributed by atoms with Crippen molar-refractivity contribution in [3.8, 4) is 16.4 Å². The lowest BCUT2D eigenvalue weighted by atomic mass is 10.3. The number of nitrogens with one attached hydrogen (secondary N) is 1. The van der Waals surface area contributed by atoms with Gasteiger partial charge in [0, 0.05) is 43.1 Å². The van der Waals surface area contributed by atoms with Gasteiger partial charge in [-0.1, -0.05) is 22.9 Å². The van der Waals surface area contributed by atoms with E-state index in [1.807, 2.05) is 42.7 Å². The lowest BCUT2D eigenvalue weighted by molar-refractivity contribution is 0.588. The summed E-state index contributed by atoms with van der Waals surface area (Å²) in [6, 6.07) is 9.71. The highest BCUT2D eigenvalue weighted by atomic mass is 35.5. The highest BCUT2D eigenvalue weighted by Gasteiger charge is 2.19. The topological polar surface area (TPSA) is 58.9 Å². The maximum atomic E-state index is 6.08. The molecule has 0 bridgehead atoms. The second-order valence-electron chi connectivity index (χ2n) is 6.36. The van der Waals surface area contributed by atoms with Gasteiger partial charge in [0.05, 0.1) is 28.3 Å². The van der Waals surface area contributed by atoms with Crippen LogP contribution < -0.4 is 10.2 Å². The number of fused-ring (bicyclic) bond motifs is 1. The number of imidazole rings is 1. The second-order valence-corrected chi connectivity index (χ2v) is 7.80. The Labute approximate surface area is 189 Å². The second kappa shape index (κ2) is 9.28. The molecule has 0 spiro atoms. The van der Waals surface area contributed by atoms with Gasteiger partial charge >= 0.3 is 0 Å². The number of hydrogen-bond donors (Lipinski definition) is 1. The maximum Gasteiger partial charge on any atom is 0.186 e. The molecule has 0 radical (unpaired) electrons. The molecule has 6 nitrogen and oxygen atoms in total. The van der Waals surface area contributed by atoms with Gasteiger partial charge in [-0.15, -0.1) is 24.8 Å². The lowest BCUT2D eigenvalue weighted by Gasteiger charge is -2.26. The molecule has 1 aliphatic heterocycles. The number of aromatic nitrogens is 4. The molecule has 10 heteroatoms. The number of halogens is 3. The van der Waals surface area contributed by atoms with Gasteiger partial charge in [-0.25, -0.2) is 9.97 Å². The average molecular weight is 470 g/mol. The molecule has 1 saturated heterocycles. The summed E-state index contributed by atoms with van der Waals surface area (Å²) in [6.45, 7) is 3.93. The minimum Gasteiger partial charge on any atom is -0.346 e. The fraction of sp³-hybridized carbons (Fsp3) is 0.211. The molecule has 1 N–H and O–H groups in total. The molecular formula is C19H19Cl3N6S. The van der Waals surface area contributed by atoms with Crippen molar-refractivity contribution in [2.75, 3.05) is 31.1 Å². The summed E-state index contributed by atoms with van der Waals surface area (Å²) in [6.07, 6.45) is 5.53. The van der Waals surface area contributed by atoms with E-state index in [1.54, 1.807) is 17.5 Å². The molecule has 0 atom stereocenters. The smallest absolute Gasteiger partial charge is 0.186 e. The van der Waals surface area contributed by atoms with E-state index in [-0.39, 0.29) is 24.8 Å². The van der Waals surface area contributed by atoms with Crippen LogP contribution in [-0.4, -0.2) is 45.7 Å². The van der Waals surface area contributed by atoms with Crippen molar-refractivity contribution >= 4 is 63.9 Å².